The van der Waals surface area contributed by atoms with Gasteiger partial charge >= 0.3 is 0 Å². The first-order valence-electron chi connectivity index (χ1n) is 8.51. The lowest BCUT2D eigenvalue weighted by atomic mass is 10.0. The van der Waals surface area contributed by atoms with Gasteiger partial charge in [-0.3, -0.25) is 4.79 Å². The topological polar surface area (TPSA) is 84.6 Å². The van der Waals surface area contributed by atoms with Crippen LogP contribution in [-0.2, 0) is 4.79 Å². The number of nitrogens with one attached hydrogen (secondary N) is 1. The van der Waals surface area contributed by atoms with Gasteiger partial charge in [0, 0.05) is 5.69 Å². The molecule has 0 saturated carbocycles. The summed E-state index contributed by atoms with van der Waals surface area (Å²) in [5.74, 6) is 0.448. The molecule has 0 bridgehead atoms. The van der Waals surface area contributed by atoms with Crippen LogP contribution in [-0.4, -0.2) is 29.8 Å². The van der Waals surface area contributed by atoms with Crippen LogP contribution < -0.4 is 15.8 Å². The van der Waals surface area contributed by atoms with Gasteiger partial charge in [0.2, 0.25) is 5.91 Å². The summed E-state index contributed by atoms with van der Waals surface area (Å²) >= 11 is 0. The monoisotopic (exact) mass is 342 g/mol. The number of nitrogens with two attached hydrogens (primary N) is 1. The maximum absolute atomic E-state index is 12.0. The summed E-state index contributed by atoms with van der Waals surface area (Å²) in [5, 5.41) is 11.8. The normalized spacial score (nSPS) is 13.1. The van der Waals surface area contributed by atoms with E-state index in [-0.39, 0.29) is 0 Å². The Labute approximate surface area is 148 Å². The first kappa shape index (κ1) is 19.0. The first-order chi connectivity index (χ1) is 12.0. The molecular weight excluding hydrogens is 316 g/mol. The van der Waals surface area contributed by atoms with Gasteiger partial charge in [-0.25, -0.2) is 0 Å². The fourth-order valence-corrected chi connectivity index (χ4v) is 2.17. The van der Waals surface area contributed by atoms with Crippen molar-refractivity contribution < 1.29 is 14.6 Å². The number of carbonyl (C=O) groups excluding carboxylic acids is 1. The maximum Gasteiger partial charge on any atom is 0.246 e. The van der Waals surface area contributed by atoms with E-state index in [0.29, 0.717) is 5.69 Å². The van der Waals surface area contributed by atoms with E-state index < -0.39 is 18.1 Å². The molecule has 1 amide bonds. The third kappa shape index (κ3) is 5.31. The molecule has 0 fully saturated rings. The molecule has 0 unspecified atom stereocenters. The number of hydrogen-bond acceptors (Lipinski definition) is 4. The van der Waals surface area contributed by atoms with E-state index in [0.717, 1.165) is 36.3 Å². The third-order valence-electron chi connectivity index (χ3n) is 3.94. The van der Waals surface area contributed by atoms with E-state index in [1.807, 2.05) is 48.5 Å². The van der Waals surface area contributed by atoms with Crippen molar-refractivity contribution in [2.24, 2.45) is 5.73 Å². The number of anilines is 1. The summed E-state index contributed by atoms with van der Waals surface area (Å²) in [5.41, 5.74) is 7.16. The predicted molar refractivity (Wildman–Crippen MR) is 101 cm³/mol. The summed E-state index contributed by atoms with van der Waals surface area (Å²) in [6, 6.07) is 15.4. The van der Waals surface area contributed by atoms with Gasteiger partial charge in [-0.2, -0.15) is 0 Å². The van der Waals surface area contributed by atoms with Crippen LogP contribution in [0.15, 0.2) is 48.5 Å². The van der Waals surface area contributed by atoms with Crippen LogP contribution in [0.1, 0.15) is 26.7 Å². The second kappa shape index (κ2) is 8.65. The van der Waals surface area contributed by atoms with Gasteiger partial charge in [0.1, 0.15) is 11.3 Å². The van der Waals surface area contributed by atoms with Crippen LogP contribution in [0.4, 0.5) is 5.69 Å². The number of hydrogen-bond donors (Lipinski definition) is 3. The van der Waals surface area contributed by atoms with Crippen LogP contribution in [0, 0.1) is 0 Å². The predicted octanol–water partition coefficient (Wildman–Crippen LogP) is 3.18. The number of rotatable bonds is 8. The highest BCUT2D eigenvalue weighted by Crippen LogP contribution is 2.24. The van der Waals surface area contributed by atoms with E-state index >= 15 is 0 Å². The lowest BCUT2D eigenvalue weighted by Crippen LogP contribution is -2.51. The number of aliphatic hydroxyl groups is 1. The van der Waals surface area contributed by atoms with Gasteiger partial charge in [0.05, 0.1) is 13.2 Å². The Balaban J connectivity index is 2.01. The van der Waals surface area contributed by atoms with E-state index in [9.17, 15) is 4.79 Å². The molecule has 2 aromatic rings. The maximum atomic E-state index is 12.0. The van der Waals surface area contributed by atoms with Crippen LogP contribution in [0.3, 0.4) is 0 Å². The summed E-state index contributed by atoms with van der Waals surface area (Å²) in [7, 11) is 0. The summed E-state index contributed by atoms with van der Waals surface area (Å²) in [4.78, 5) is 12.0. The molecule has 1 atom stereocenters. The molecule has 25 heavy (non-hydrogen) atoms. The van der Waals surface area contributed by atoms with E-state index in [1.165, 1.54) is 6.92 Å². The van der Waals surface area contributed by atoms with Crippen LogP contribution in [0.2, 0.25) is 0 Å². The zero-order valence-electron chi connectivity index (χ0n) is 14.8. The Morgan fingerprint density at radius 2 is 1.68 bits per heavy atom. The Bertz CT molecular complexity index is 679. The number of carbonyl (C=O) groups is 1. The molecule has 0 aliphatic heterocycles. The standard InChI is InChI=1S/C20H26N2O3/c1-3-4-13-25-18-11-7-16(8-12-18)15-5-9-17(10-6-15)22-19(24)20(2,21)14-23/h5-12,23H,3-4,13-14,21H2,1-2H3,(H,22,24)/t20-/m0/s1. The van der Waals surface area contributed by atoms with Crippen molar-refractivity contribution in [1.29, 1.82) is 0 Å². The molecule has 0 radical (unpaired) electrons. The van der Waals surface area contributed by atoms with Crippen LogP contribution in [0.25, 0.3) is 11.1 Å². The van der Waals surface area contributed by atoms with Gasteiger partial charge < -0.3 is 20.9 Å². The Morgan fingerprint density at radius 1 is 1.12 bits per heavy atom. The minimum absolute atomic E-state index is 0.413. The molecule has 4 N–H and O–H groups in total. The van der Waals surface area contributed by atoms with Crippen molar-refractivity contribution in [3.05, 3.63) is 48.5 Å². The number of aliphatic hydroxyl groups excluding tert-OH is 1. The fraction of sp³-hybridized carbons (Fsp3) is 0.350. The minimum Gasteiger partial charge on any atom is -0.494 e. The zero-order chi connectivity index (χ0) is 18.3. The van der Waals surface area contributed by atoms with Gasteiger partial charge in [0.25, 0.3) is 0 Å². The van der Waals surface area contributed by atoms with Gasteiger partial charge in [-0.05, 0) is 48.7 Å². The molecular formula is C20H26N2O3. The van der Waals surface area contributed by atoms with E-state index in [1.54, 1.807) is 0 Å². The highest BCUT2D eigenvalue weighted by Gasteiger charge is 2.27. The second-order valence-corrected chi connectivity index (χ2v) is 6.33. The average Bonchev–Trinajstić information content (AvgIpc) is 2.63. The molecule has 134 valence electrons. The Kier molecular flexibility index (Phi) is 6.56. The first-order valence-corrected chi connectivity index (χ1v) is 8.51. The molecule has 0 heterocycles. The van der Waals surface area contributed by atoms with Crippen molar-refractivity contribution in [3.8, 4) is 16.9 Å². The van der Waals surface area contributed by atoms with Crippen LogP contribution in [0.5, 0.6) is 5.75 Å². The smallest absolute Gasteiger partial charge is 0.246 e. The number of benzene rings is 2. The highest BCUT2D eigenvalue weighted by atomic mass is 16.5. The van der Waals surface area contributed by atoms with Crippen molar-refractivity contribution in [1.82, 2.24) is 0 Å². The Hall–Kier alpha value is -2.37. The van der Waals surface area contributed by atoms with E-state index in [2.05, 4.69) is 12.2 Å². The number of ether oxygens (including phenoxy) is 1. The average molecular weight is 342 g/mol. The van der Waals surface area contributed by atoms with Crippen molar-refractivity contribution in [2.45, 2.75) is 32.2 Å². The Morgan fingerprint density at radius 3 is 2.20 bits per heavy atom. The van der Waals surface area contributed by atoms with Crippen molar-refractivity contribution >= 4 is 11.6 Å². The van der Waals surface area contributed by atoms with Crippen molar-refractivity contribution in [3.63, 3.8) is 0 Å². The fourth-order valence-electron chi connectivity index (χ4n) is 2.17. The molecule has 2 rings (SSSR count). The SMILES string of the molecule is CCCCOc1ccc(-c2ccc(NC(=O)[C@@](C)(N)CO)cc2)cc1. The highest BCUT2D eigenvalue weighted by molar-refractivity contribution is 5.97. The third-order valence-corrected chi connectivity index (χ3v) is 3.94. The molecule has 2 aromatic carbocycles. The summed E-state index contributed by atoms with van der Waals surface area (Å²) < 4.78 is 5.66. The molecule has 0 aliphatic rings. The zero-order valence-corrected chi connectivity index (χ0v) is 14.8. The van der Waals surface area contributed by atoms with Crippen LogP contribution >= 0.6 is 0 Å². The van der Waals surface area contributed by atoms with Gasteiger partial charge in [0.15, 0.2) is 0 Å². The quantitative estimate of drug-likeness (QED) is 0.643. The second-order valence-electron chi connectivity index (χ2n) is 6.33. The largest absolute Gasteiger partial charge is 0.494 e. The molecule has 0 aliphatic carbocycles. The lowest BCUT2D eigenvalue weighted by molar-refractivity contribution is -0.121. The lowest BCUT2D eigenvalue weighted by Gasteiger charge is -2.20. The molecule has 0 saturated heterocycles. The molecule has 0 aromatic heterocycles. The summed E-state index contributed by atoms with van der Waals surface area (Å²) in [6.45, 7) is 3.94. The number of amides is 1. The molecule has 0 spiro atoms. The molecule has 5 heteroatoms. The minimum atomic E-state index is -1.30. The summed E-state index contributed by atoms with van der Waals surface area (Å²) in [6.07, 6.45) is 2.16. The van der Waals surface area contributed by atoms with Gasteiger partial charge in [-0.15, -0.1) is 0 Å². The van der Waals surface area contributed by atoms with Crippen molar-refractivity contribution in [2.75, 3.05) is 18.5 Å². The number of unbranched alkanes of at least 4 members (excludes halogenated alkanes) is 1. The molecule has 5 nitrogen and oxygen atoms in total. The van der Waals surface area contributed by atoms with E-state index in [4.69, 9.17) is 15.6 Å². The van der Waals surface area contributed by atoms with Gasteiger partial charge in [-0.1, -0.05) is 37.6 Å².